The Hall–Kier alpha value is -1.21. The standard InChI is InChI=1S/C15H17NO3S2/c17-11-14-6-7-15(20-14)21(18,19)16-9-8-13(10-16)12-4-2-1-3-5-12/h1-7,13,17H,8-11H2. The van der Waals surface area contributed by atoms with Gasteiger partial charge >= 0.3 is 0 Å². The highest BCUT2D eigenvalue weighted by molar-refractivity contribution is 7.91. The number of aliphatic hydroxyl groups excluding tert-OH is 1. The van der Waals surface area contributed by atoms with Crippen molar-refractivity contribution in [2.45, 2.75) is 23.2 Å². The highest BCUT2D eigenvalue weighted by Crippen LogP contribution is 2.33. The molecule has 1 aliphatic rings. The molecule has 0 amide bonds. The third-order valence-corrected chi connectivity index (χ3v) is 7.21. The highest BCUT2D eigenvalue weighted by atomic mass is 32.2. The zero-order valence-corrected chi connectivity index (χ0v) is 13.1. The van der Waals surface area contributed by atoms with Crippen molar-refractivity contribution in [1.29, 1.82) is 0 Å². The third-order valence-electron chi connectivity index (χ3n) is 3.81. The van der Waals surface area contributed by atoms with E-state index in [0.717, 1.165) is 17.8 Å². The Morgan fingerprint density at radius 3 is 2.62 bits per heavy atom. The monoisotopic (exact) mass is 323 g/mol. The van der Waals surface area contributed by atoms with Crippen molar-refractivity contribution in [2.75, 3.05) is 13.1 Å². The first-order valence-electron chi connectivity index (χ1n) is 6.86. The molecule has 0 saturated carbocycles. The van der Waals surface area contributed by atoms with E-state index in [4.69, 9.17) is 5.11 Å². The van der Waals surface area contributed by atoms with Crippen LogP contribution in [0.3, 0.4) is 0 Å². The molecule has 4 nitrogen and oxygen atoms in total. The highest BCUT2D eigenvalue weighted by Gasteiger charge is 2.33. The van der Waals surface area contributed by atoms with Crippen LogP contribution in [0.15, 0.2) is 46.7 Å². The van der Waals surface area contributed by atoms with Gasteiger partial charge in [-0.15, -0.1) is 11.3 Å². The Labute approximate surface area is 128 Å². The van der Waals surface area contributed by atoms with Crippen LogP contribution in [0.1, 0.15) is 22.8 Å². The van der Waals surface area contributed by atoms with Gasteiger partial charge < -0.3 is 5.11 Å². The lowest BCUT2D eigenvalue weighted by Gasteiger charge is -2.15. The minimum absolute atomic E-state index is 0.118. The van der Waals surface area contributed by atoms with Gasteiger partial charge in [0.1, 0.15) is 4.21 Å². The van der Waals surface area contributed by atoms with Crippen LogP contribution < -0.4 is 0 Å². The van der Waals surface area contributed by atoms with Crippen LogP contribution >= 0.6 is 11.3 Å². The van der Waals surface area contributed by atoms with Crippen LogP contribution in [0.4, 0.5) is 0 Å². The molecule has 6 heteroatoms. The van der Waals surface area contributed by atoms with Crippen LogP contribution in [0, 0.1) is 0 Å². The van der Waals surface area contributed by atoms with Gasteiger partial charge in [-0.05, 0) is 30.0 Å². The summed E-state index contributed by atoms with van der Waals surface area (Å²) in [7, 11) is -3.43. The summed E-state index contributed by atoms with van der Waals surface area (Å²) >= 11 is 1.14. The molecule has 21 heavy (non-hydrogen) atoms. The first-order valence-corrected chi connectivity index (χ1v) is 9.11. The maximum atomic E-state index is 12.6. The van der Waals surface area contributed by atoms with E-state index in [9.17, 15) is 8.42 Å². The minimum atomic E-state index is -3.43. The lowest BCUT2D eigenvalue weighted by atomic mass is 9.99. The molecule has 1 atom stereocenters. The van der Waals surface area contributed by atoms with Crippen LogP contribution in [-0.2, 0) is 16.6 Å². The van der Waals surface area contributed by atoms with Gasteiger partial charge in [-0.1, -0.05) is 30.3 Å². The van der Waals surface area contributed by atoms with E-state index in [1.165, 1.54) is 5.56 Å². The predicted octanol–water partition coefficient (Wildman–Crippen LogP) is 2.42. The van der Waals surface area contributed by atoms with Crippen molar-refractivity contribution < 1.29 is 13.5 Å². The number of aliphatic hydroxyl groups is 1. The Bertz CT molecular complexity index is 710. The van der Waals surface area contributed by atoms with Gasteiger partial charge in [-0.3, -0.25) is 0 Å². The number of sulfonamides is 1. The lowest BCUT2D eigenvalue weighted by Crippen LogP contribution is -2.28. The van der Waals surface area contributed by atoms with Gasteiger partial charge in [0, 0.05) is 18.0 Å². The summed E-state index contributed by atoms with van der Waals surface area (Å²) < 4.78 is 27.1. The number of thiophene rings is 1. The largest absolute Gasteiger partial charge is 0.391 e. The fourth-order valence-electron chi connectivity index (χ4n) is 2.65. The van der Waals surface area contributed by atoms with Gasteiger partial charge in [0.25, 0.3) is 10.0 Å². The van der Waals surface area contributed by atoms with Crippen molar-refractivity contribution in [1.82, 2.24) is 4.31 Å². The minimum Gasteiger partial charge on any atom is -0.391 e. The van der Waals surface area contributed by atoms with Gasteiger partial charge in [0.15, 0.2) is 0 Å². The quantitative estimate of drug-likeness (QED) is 0.940. The van der Waals surface area contributed by atoms with E-state index >= 15 is 0 Å². The number of nitrogens with zero attached hydrogens (tertiary/aromatic N) is 1. The molecule has 112 valence electrons. The van der Waals surface area contributed by atoms with Crippen LogP contribution in [-0.4, -0.2) is 30.9 Å². The average Bonchev–Trinajstić information content (AvgIpc) is 3.18. The molecule has 1 aromatic carbocycles. The van der Waals surface area contributed by atoms with E-state index < -0.39 is 10.0 Å². The van der Waals surface area contributed by atoms with Crippen molar-refractivity contribution >= 4 is 21.4 Å². The molecule has 0 aliphatic carbocycles. The number of hydrogen-bond donors (Lipinski definition) is 1. The molecule has 1 aliphatic heterocycles. The number of hydrogen-bond acceptors (Lipinski definition) is 4. The lowest BCUT2D eigenvalue weighted by molar-refractivity contribution is 0.285. The van der Waals surface area contributed by atoms with Crippen molar-refractivity contribution in [2.24, 2.45) is 0 Å². The zero-order valence-electron chi connectivity index (χ0n) is 11.5. The summed E-state index contributed by atoms with van der Waals surface area (Å²) in [6, 6.07) is 13.3. The molecule has 0 spiro atoms. The Morgan fingerprint density at radius 1 is 1.19 bits per heavy atom. The van der Waals surface area contributed by atoms with Crippen molar-refractivity contribution in [3.63, 3.8) is 0 Å². The van der Waals surface area contributed by atoms with E-state index in [-0.39, 0.29) is 12.5 Å². The molecular formula is C15H17NO3S2. The number of rotatable bonds is 4. The van der Waals surface area contributed by atoms with Crippen molar-refractivity contribution in [3.05, 3.63) is 52.9 Å². The molecule has 0 bridgehead atoms. The second-order valence-electron chi connectivity index (χ2n) is 5.14. The summed E-state index contributed by atoms with van der Waals surface area (Å²) in [4.78, 5) is 0.674. The Balaban J connectivity index is 1.79. The fourth-order valence-corrected chi connectivity index (χ4v) is 5.52. The molecule has 1 N–H and O–H groups in total. The third kappa shape index (κ3) is 2.89. The average molecular weight is 323 g/mol. The first-order chi connectivity index (χ1) is 10.1. The normalized spacial score (nSPS) is 20.0. The van der Waals surface area contributed by atoms with Crippen LogP contribution in [0.5, 0.6) is 0 Å². The molecule has 1 saturated heterocycles. The van der Waals surface area contributed by atoms with E-state index in [1.807, 2.05) is 18.2 Å². The van der Waals surface area contributed by atoms with Gasteiger partial charge in [-0.2, -0.15) is 4.31 Å². The summed E-state index contributed by atoms with van der Waals surface area (Å²) in [5, 5.41) is 9.07. The van der Waals surface area contributed by atoms with Crippen LogP contribution in [0.25, 0.3) is 0 Å². The Morgan fingerprint density at radius 2 is 1.95 bits per heavy atom. The van der Waals surface area contributed by atoms with Crippen LogP contribution in [0.2, 0.25) is 0 Å². The van der Waals surface area contributed by atoms with E-state index in [1.54, 1.807) is 16.4 Å². The van der Waals surface area contributed by atoms with E-state index in [0.29, 0.717) is 22.2 Å². The molecule has 1 fully saturated rings. The van der Waals surface area contributed by atoms with Crippen molar-refractivity contribution in [3.8, 4) is 0 Å². The van der Waals surface area contributed by atoms with Gasteiger partial charge in [0.05, 0.1) is 6.61 Å². The molecular weight excluding hydrogens is 306 g/mol. The maximum Gasteiger partial charge on any atom is 0.252 e. The molecule has 1 unspecified atom stereocenters. The SMILES string of the molecule is O=S(=O)(c1ccc(CO)s1)N1CCC(c2ccccc2)C1. The molecule has 1 aromatic heterocycles. The summed E-state index contributed by atoms with van der Waals surface area (Å²) in [5.74, 6) is 0.262. The summed E-state index contributed by atoms with van der Waals surface area (Å²) in [5.41, 5.74) is 1.19. The fraction of sp³-hybridized carbons (Fsp3) is 0.333. The van der Waals surface area contributed by atoms with E-state index in [2.05, 4.69) is 12.1 Å². The van der Waals surface area contributed by atoms with Gasteiger partial charge in [-0.25, -0.2) is 8.42 Å². The number of benzene rings is 1. The molecule has 3 rings (SSSR count). The zero-order chi connectivity index (χ0) is 14.9. The second kappa shape index (κ2) is 5.88. The molecule has 0 radical (unpaired) electrons. The maximum absolute atomic E-state index is 12.6. The predicted molar refractivity (Wildman–Crippen MR) is 82.8 cm³/mol. The molecule has 2 aromatic rings. The smallest absolute Gasteiger partial charge is 0.252 e. The topological polar surface area (TPSA) is 57.6 Å². The summed E-state index contributed by atoms with van der Waals surface area (Å²) in [6.07, 6.45) is 0.849. The molecule has 2 heterocycles. The first kappa shape index (κ1) is 14.7. The Kier molecular flexibility index (Phi) is 4.12. The summed E-state index contributed by atoms with van der Waals surface area (Å²) in [6.45, 7) is 0.958. The second-order valence-corrected chi connectivity index (χ2v) is 8.47. The van der Waals surface area contributed by atoms with Gasteiger partial charge in [0.2, 0.25) is 0 Å².